The maximum absolute atomic E-state index is 12.7. The molecule has 0 radical (unpaired) electrons. The number of para-hydroxylation sites is 1. The van der Waals surface area contributed by atoms with Gasteiger partial charge in [-0.15, -0.1) is 10.2 Å². The van der Waals surface area contributed by atoms with Crippen molar-refractivity contribution in [2.24, 2.45) is 7.05 Å². The normalized spacial score (nSPS) is 19.0. The number of carbonyl (C=O) groups excluding carboxylic acids is 1. The van der Waals surface area contributed by atoms with Crippen molar-refractivity contribution in [3.05, 3.63) is 30.3 Å². The van der Waals surface area contributed by atoms with Crippen molar-refractivity contribution in [3.8, 4) is 0 Å². The Balaban J connectivity index is 1.78. The molecule has 0 unspecified atom stereocenters. The number of anilines is 2. The summed E-state index contributed by atoms with van der Waals surface area (Å²) in [4.78, 5) is 14.5. The Labute approximate surface area is 127 Å². The van der Waals surface area contributed by atoms with Crippen LogP contribution in [0.25, 0.3) is 0 Å². The number of nitrogens with two attached hydrogens (primary N) is 1. The lowest BCUT2D eigenvalue weighted by atomic mass is 10.1. The number of benzene rings is 1. The Hall–Kier alpha value is -2.02. The van der Waals surface area contributed by atoms with Gasteiger partial charge in [0.1, 0.15) is 0 Å². The van der Waals surface area contributed by atoms with E-state index in [0.717, 1.165) is 25.1 Å². The maximum atomic E-state index is 12.7. The second-order valence-corrected chi connectivity index (χ2v) is 6.14. The van der Waals surface area contributed by atoms with Crippen LogP contribution in [0.2, 0.25) is 0 Å². The van der Waals surface area contributed by atoms with Crippen molar-refractivity contribution in [1.82, 2.24) is 14.8 Å². The summed E-state index contributed by atoms with van der Waals surface area (Å²) in [5.41, 5.74) is 6.63. The summed E-state index contributed by atoms with van der Waals surface area (Å²) < 4.78 is 1.71. The second-order valence-electron chi connectivity index (χ2n) is 4.97. The molecule has 0 bridgehead atoms. The van der Waals surface area contributed by atoms with Gasteiger partial charge in [-0.1, -0.05) is 30.0 Å². The van der Waals surface area contributed by atoms with Gasteiger partial charge in [0.2, 0.25) is 11.9 Å². The highest BCUT2D eigenvalue weighted by atomic mass is 32.2. The first-order chi connectivity index (χ1) is 10.2. The molecule has 1 aliphatic heterocycles. The molecule has 3 rings (SSSR count). The SMILES string of the molecule is Cn1c(N)nnc1S[C@H]1CCCN(c2ccccc2)C1=O. The zero-order valence-corrected chi connectivity index (χ0v) is 12.6. The van der Waals surface area contributed by atoms with Gasteiger partial charge in [-0.05, 0) is 25.0 Å². The van der Waals surface area contributed by atoms with Crippen LogP contribution in [0.4, 0.5) is 11.6 Å². The van der Waals surface area contributed by atoms with Gasteiger partial charge >= 0.3 is 0 Å². The predicted octanol–water partition coefficient (Wildman–Crippen LogP) is 1.69. The van der Waals surface area contributed by atoms with Crippen LogP contribution in [0.15, 0.2) is 35.5 Å². The molecule has 1 fully saturated rings. The third kappa shape index (κ3) is 2.73. The first-order valence-corrected chi connectivity index (χ1v) is 7.72. The van der Waals surface area contributed by atoms with E-state index < -0.39 is 0 Å². The molecule has 21 heavy (non-hydrogen) atoms. The number of piperidine rings is 1. The van der Waals surface area contributed by atoms with Crippen LogP contribution in [0.5, 0.6) is 0 Å². The fourth-order valence-electron chi connectivity index (χ4n) is 2.37. The van der Waals surface area contributed by atoms with E-state index in [-0.39, 0.29) is 11.2 Å². The molecule has 1 aliphatic rings. The molecular weight excluding hydrogens is 286 g/mol. The third-order valence-electron chi connectivity index (χ3n) is 3.57. The van der Waals surface area contributed by atoms with Gasteiger partial charge < -0.3 is 10.6 Å². The van der Waals surface area contributed by atoms with Gasteiger partial charge in [0.15, 0.2) is 5.16 Å². The number of thioether (sulfide) groups is 1. The zero-order chi connectivity index (χ0) is 14.8. The molecule has 6 nitrogen and oxygen atoms in total. The lowest BCUT2D eigenvalue weighted by Crippen LogP contribution is -2.43. The predicted molar refractivity (Wildman–Crippen MR) is 83.1 cm³/mol. The van der Waals surface area contributed by atoms with Gasteiger partial charge in [0.05, 0.1) is 5.25 Å². The van der Waals surface area contributed by atoms with Gasteiger partial charge in [0, 0.05) is 19.3 Å². The van der Waals surface area contributed by atoms with E-state index in [0.29, 0.717) is 11.1 Å². The van der Waals surface area contributed by atoms with Crippen molar-refractivity contribution in [3.63, 3.8) is 0 Å². The van der Waals surface area contributed by atoms with Crippen molar-refractivity contribution in [2.45, 2.75) is 23.2 Å². The Kier molecular flexibility index (Phi) is 3.83. The molecule has 1 aromatic carbocycles. The van der Waals surface area contributed by atoms with Crippen LogP contribution in [0.1, 0.15) is 12.8 Å². The number of aromatic nitrogens is 3. The quantitative estimate of drug-likeness (QED) is 0.933. The standard InChI is InChI=1S/C14H17N5OS/c1-18-13(15)16-17-14(18)21-11-8-5-9-19(12(11)20)10-6-3-2-4-7-10/h2-4,6-7,11H,5,8-9H2,1H3,(H2,15,16)/t11-/m0/s1. The van der Waals surface area contributed by atoms with E-state index in [2.05, 4.69) is 10.2 Å². The minimum Gasteiger partial charge on any atom is -0.368 e. The Morgan fingerprint density at radius 2 is 2.05 bits per heavy atom. The van der Waals surface area contributed by atoms with Crippen molar-refractivity contribution >= 4 is 29.3 Å². The van der Waals surface area contributed by atoms with Crippen LogP contribution in [0.3, 0.4) is 0 Å². The number of carbonyl (C=O) groups is 1. The summed E-state index contributed by atoms with van der Waals surface area (Å²) in [6.45, 7) is 0.765. The van der Waals surface area contributed by atoms with Crippen LogP contribution in [0, 0.1) is 0 Å². The first-order valence-electron chi connectivity index (χ1n) is 6.85. The largest absolute Gasteiger partial charge is 0.368 e. The molecule has 1 saturated heterocycles. The summed E-state index contributed by atoms with van der Waals surface area (Å²) in [6, 6.07) is 9.77. The van der Waals surface area contributed by atoms with E-state index in [1.807, 2.05) is 35.2 Å². The second kappa shape index (κ2) is 5.77. The van der Waals surface area contributed by atoms with Crippen LogP contribution in [-0.4, -0.2) is 32.5 Å². The molecule has 110 valence electrons. The molecule has 2 heterocycles. The van der Waals surface area contributed by atoms with Crippen LogP contribution in [-0.2, 0) is 11.8 Å². The van der Waals surface area contributed by atoms with E-state index in [1.54, 1.807) is 11.6 Å². The molecule has 0 spiro atoms. The monoisotopic (exact) mass is 303 g/mol. The van der Waals surface area contributed by atoms with Crippen LogP contribution < -0.4 is 10.6 Å². The average Bonchev–Trinajstić information content (AvgIpc) is 2.82. The molecule has 1 atom stereocenters. The third-order valence-corrected chi connectivity index (χ3v) is 4.86. The fourth-order valence-corrected chi connectivity index (χ4v) is 3.48. The molecule has 1 aromatic heterocycles. The van der Waals surface area contributed by atoms with E-state index in [9.17, 15) is 4.79 Å². The Morgan fingerprint density at radius 3 is 2.71 bits per heavy atom. The number of nitrogens with zero attached hydrogens (tertiary/aromatic N) is 4. The molecule has 0 aliphatic carbocycles. The Bertz CT molecular complexity index is 642. The first kappa shape index (κ1) is 13.9. The topological polar surface area (TPSA) is 77.0 Å². The summed E-state index contributed by atoms with van der Waals surface area (Å²) in [7, 11) is 1.81. The average molecular weight is 303 g/mol. The summed E-state index contributed by atoms with van der Waals surface area (Å²) in [5, 5.41) is 8.39. The molecule has 0 saturated carbocycles. The van der Waals surface area contributed by atoms with Crippen molar-refractivity contribution in [1.29, 1.82) is 0 Å². The van der Waals surface area contributed by atoms with Gasteiger partial charge in [-0.3, -0.25) is 9.36 Å². The molecule has 2 aromatic rings. The van der Waals surface area contributed by atoms with Gasteiger partial charge in [-0.2, -0.15) is 0 Å². The van der Waals surface area contributed by atoms with E-state index in [1.165, 1.54) is 11.8 Å². The van der Waals surface area contributed by atoms with Crippen molar-refractivity contribution in [2.75, 3.05) is 17.2 Å². The van der Waals surface area contributed by atoms with Gasteiger partial charge in [-0.25, -0.2) is 0 Å². The fraction of sp³-hybridized carbons (Fsp3) is 0.357. The number of hydrogen-bond acceptors (Lipinski definition) is 5. The highest BCUT2D eigenvalue weighted by Crippen LogP contribution is 2.31. The highest BCUT2D eigenvalue weighted by molar-refractivity contribution is 8.00. The smallest absolute Gasteiger partial charge is 0.240 e. The molecule has 1 amide bonds. The molecular formula is C14H17N5OS. The van der Waals surface area contributed by atoms with E-state index >= 15 is 0 Å². The summed E-state index contributed by atoms with van der Waals surface area (Å²) in [5.74, 6) is 0.486. The van der Waals surface area contributed by atoms with E-state index in [4.69, 9.17) is 5.73 Å². The molecule has 7 heteroatoms. The minimum absolute atomic E-state index is 0.124. The van der Waals surface area contributed by atoms with Gasteiger partial charge in [0.25, 0.3) is 0 Å². The lowest BCUT2D eigenvalue weighted by molar-refractivity contribution is -0.119. The number of hydrogen-bond donors (Lipinski definition) is 1. The summed E-state index contributed by atoms with van der Waals surface area (Å²) >= 11 is 1.44. The number of rotatable bonds is 3. The number of amides is 1. The lowest BCUT2D eigenvalue weighted by Gasteiger charge is -2.31. The minimum atomic E-state index is -0.138. The molecule has 2 N–H and O–H groups in total. The van der Waals surface area contributed by atoms with Crippen molar-refractivity contribution < 1.29 is 4.79 Å². The number of nitrogen functional groups attached to an aromatic ring is 1. The van der Waals surface area contributed by atoms with Crippen LogP contribution >= 0.6 is 11.8 Å². The Morgan fingerprint density at radius 1 is 1.29 bits per heavy atom. The maximum Gasteiger partial charge on any atom is 0.240 e. The highest BCUT2D eigenvalue weighted by Gasteiger charge is 2.31. The summed E-state index contributed by atoms with van der Waals surface area (Å²) in [6.07, 6.45) is 1.82. The zero-order valence-electron chi connectivity index (χ0n) is 11.8.